The highest BCUT2D eigenvalue weighted by molar-refractivity contribution is 7.89. The number of hydrogen-bond donors (Lipinski definition) is 1. The number of carbonyl (C=O) groups excluding carboxylic acids is 1. The van der Waals surface area contributed by atoms with Gasteiger partial charge in [0.25, 0.3) is 0 Å². The van der Waals surface area contributed by atoms with E-state index >= 15 is 0 Å². The van der Waals surface area contributed by atoms with Crippen LogP contribution in [0.4, 0.5) is 0 Å². The van der Waals surface area contributed by atoms with E-state index in [1.165, 1.54) is 0 Å². The highest BCUT2D eigenvalue weighted by atomic mass is 32.2. The summed E-state index contributed by atoms with van der Waals surface area (Å²) in [5.74, 6) is -0.367. The summed E-state index contributed by atoms with van der Waals surface area (Å²) in [6.07, 6.45) is 4.08. The van der Waals surface area contributed by atoms with Crippen LogP contribution < -0.4 is 4.72 Å². The largest absolute Gasteiger partial charge is 0.460 e. The smallest absolute Gasteiger partial charge is 0.313 e. The zero-order chi connectivity index (χ0) is 21.7. The van der Waals surface area contributed by atoms with Gasteiger partial charge in [-0.25, -0.2) is 13.1 Å². The summed E-state index contributed by atoms with van der Waals surface area (Å²) in [6, 6.07) is 3.72. The summed E-state index contributed by atoms with van der Waals surface area (Å²) in [4.78, 5) is 12.7. The second kappa shape index (κ2) is 9.70. The zero-order valence-electron chi connectivity index (χ0n) is 18.4. The standard InChI is InChI=1S/C22H35NO4S/c1-15(2)12-19(21(24)27-22(6,7)8)10-9-11-23-28(25,26)20-17(4)13-16(3)14-18(20)5/h9-10,13-15,19,23H,11-12H2,1-8H3/b10-9+/t19-/m0/s1. The topological polar surface area (TPSA) is 72.5 Å². The van der Waals surface area contributed by atoms with Gasteiger partial charge in [-0.05, 0) is 65.0 Å². The Morgan fingerprint density at radius 1 is 1.14 bits per heavy atom. The van der Waals surface area contributed by atoms with Crippen LogP contribution in [0.1, 0.15) is 57.7 Å². The maximum atomic E-state index is 12.7. The predicted molar refractivity (Wildman–Crippen MR) is 114 cm³/mol. The third-order valence-electron chi connectivity index (χ3n) is 4.07. The van der Waals surface area contributed by atoms with Crippen LogP contribution in [0.3, 0.4) is 0 Å². The lowest BCUT2D eigenvalue weighted by Crippen LogP contribution is -2.29. The number of rotatable bonds is 8. The summed E-state index contributed by atoms with van der Waals surface area (Å²) in [7, 11) is -3.63. The Morgan fingerprint density at radius 3 is 2.14 bits per heavy atom. The normalized spacial score (nSPS) is 13.9. The molecule has 6 heteroatoms. The van der Waals surface area contributed by atoms with Gasteiger partial charge in [0.05, 0.1) is 10.8 Å². The van der Waals surface area contributed by atoms with Gasteiger partial charge in [0.2, 0.25) is 10.0 Å². The van der Waals surface area contributed by atoms with Gasteiger partial charge in [-0.1, -0.05) is 43.7 Å². The van der Waals surface area contributed by atoms with Crippen molar-refractivity contribution >= 4 is 16.0 Å². The number of sulfonamides is 1. The van der Waals surface area contributed by atoms with E-state index in [2.05, 4.69) is 4.72 Å². The molecule has 0 radical (unpaired) electrons. The van der Waals surface area contributed by atoms with Crippen molar-refractivity contribution < 1.29 is 17.9 Å². The number of hydrogen-bond acceptors (Lipinski definition) is 4. The van der Waals surface area contributed by atoms with Gasteiger partial charge < -0.3 is 4.74 Å². The summed E-state index contributed by atoms with van der Waals surface area (Å²) >= 11 is 0. The van der Waals surface area contributed by atoms with E-state index < -0.39 is 21.5 Å². The lowest BCUT2D eigenvalue weighted by Gasteiger charge is -2.23. The first-order chi connectivity index (χ1) is 12.7. The monoisotopic (exact) mass is 409 g/mol. The Kier molecular flexibility index (Phi) is 8.45. The molecule has 0 saturated heterocycles. The van der Waals surface area contributed by atoms with E-state index in [4.69, 9.17) is 4.74 Å². The van der Waals surface area contributed by atoms with Gasteiger partial charge in [-0.2, -0.15) is 0 Å². The number of carbonyl (C=O) groups is 1. The molecule has 5 nitrogen and oxygen atoms in total. The van der Waals surface area contributed by atoms with Gasteiger partial charge in [-0.15, -0.1) is 0 Å². The zero-order valence-corrected chi connectivity index (χ0v) is 19.2. The molecule has 1 aromatic rings. The average molecular weight is 410 g/mol. The van der Waals surface area contributed by atoms with E-state index in [0.29, 0.717) is 17.2 Å². The predicted octanol–water partition coefficient (Wildman–Crippen LogP) is 4.45. The molecule has 0 aliphatic carbocycles. The number of esters is 1. The number of benzene rings is 1. The van der Waals surface area contributed by atoms with Crippen molar-refractivity contribution in [2.24, 2.45) is 11.8 Å². The maximum absolute atomic E-state index is 12.7. The molecule has 158 valence electrons. The molecular weight excluding hydrogens is 374 g/mol. The lowest BCUT2D eigenvalue weighted by molar-refractivity contribution is -0.158. The molecule has 0 aliphatic heterocycles. The Morgan fingerprint density at radius 2 is 1.68 bits per heavy atom. The van der Waals surface area contributed by atoms with Crippen molar-refractivity contribution in [2.75, 3.05) is 6.54 Å². The molecule has 0 heterocycles. The van der Waals surface area contributed by atoms with Crippen molar-refractivity contribution in [3.8, 4) is 0 Å². The lowest BCUT2D eigenvalue weighted by atomic mass is 9.96. The van der Waals surface area contributed by atoms with E-state index in [1.807, 2.05) is 53.7 Å². The molecule has 0 bridgehead atoms. The van der Waals surface area contributed by atoms with Crippen molar-refractivity contribution in [2.45, 2.75) is 72.3 Å². The number of ether oxygens (including phenoxy) is 1. The molecule has 1 rings (SSSR count). The van der Waals surface area contributed by atoms with Crippen LogP contribution >= 0.6 is 0 Å². The minimum atomic E-state index is -3.63. The number of aryl methyl sites for hydroxylation is 3. The summed E-state index contributed by atoms with van der Waals surface area (Å²) in [6.45, 7) is 15.2. The molecule has 0 fully saturated rings. The molecule has 28 heavy (non-hydrogen) atoms. The molecule has 0 unspecified atom stereocenters. The maximum Gasteiger partial charge on any atom is 0.313 e. The molecule has 1 aromatic carbocycles. The van der Waals surface area contributed by atoms with Crippen LogP contribution in [0.2, 0.25) is 0 Å². The van der Waals surface area contributed by atoms with Crippen molar-refractivity contribution in [3.63, 3.8) is 0 Å². The van der Waals surface area contributed by atoms with E-state index in [9.17, 15) is 13.2 Å². The first-order valence-corrected chi connectivity index (χ1v) is 11.2. The van der Waals surface area contributed by atoms with Gasteiger partial charge in [-0.3, -0.25) is 4.79 Å². The average Bonchev–Trinajstić information content (AvgIpc) is 2.46. The molecule has 0 saturated carbocycles. The molecule has 0 aromatic heterocycles. The Bertz CT molecular complexity index is 794. The Labute approximate surface area is 170 Å². The van der Waals surface area contributed by atoms with Crippen LogP contribution in [0.25, 0.3) is 0 Å². The minimum Gasteiger partial charge on any atom is -0.460 e. The molecule has 0 spiro atoms. The number of nitrogens with one attached hydrogen (secondary N) is 1. The SMILES string of the molecule is Cc1cc(C)c(S(=O)(=O)NC/C=C/[C@@H](CC(C)C)C(=O)OC(C)(C)C)c(C)c1. The van der Waals surface area contributed by atoms with Gasteiger partial charge in [0, 0.05) is 6.54 Å². The van der Waals surface area contributed by atoms with Crippen LogP contribution in [0.5, 0.6) is 0 Å². The van der Waals surface area contributed by atoms with Gasteiger partial charge in [0.15, 0.2) is 0 Å². The van der Waals surface area contributed by atoms with Crippen molar-refractivity contribution in [3.05, 3.63) is 41.0 Å². The fraction of sp³-hybridized carbons (Fsp3) is 0.591. The van der Waals surface area contributed by atoms with Crippen LogP contribution in [0, 0.1) is 32.6 Å². The summed E-state index contributed by atoms with van der Waals surface area (Å²) in [5.41, 5.74) is 1.92. The van der Waals surface area contributed by atoms with E-state index in [1.54, 1.807) is 26.0 Å². The van der Waals surface area contributed by atoms with Crippen LogP contribution in [-0.4, -0.2) is 26.5 Å². The molecule has 1 N–H and O–H groups in total. The fourth-order valence-electron chi connectivity index (χ4n) is 3.19. The highest BCUT2D eigenvalue weighted by Crippen LogP contribution is 2.22. The molecule has 1 atom stereocenters. The summed E-state index contributed by atoms with van der Waals surface area (Å²) in [5, 5.41) is 0. The third kappa shape index (κ3) is 7.76. The van der Waals surface area contributed by atoms with Gasteiger partial charge in [0.1, 0.15) is 5.60 Å². The minimum absolute atomic E-state index is 0.118. The third-order valence-corrected chi connectivity index (χ3v) is 5.80. The van der Waals surface area contributed by atoms with E-state index in [0.717, 1.165) is 16.7 Å². The molecule has 0 amide bonds. The second-order valence-electron chi connectivity index (χ2n) is 8.78. The quantitative estimate of drug-likeness (QED) is 0.508. The first-order valence-electron chi connectivity index (χ1n) is 9.70. The molecule has 0 aliphatic rings. The second-order valence-corrected chi connectivity index (χ2v) is 10.5. The van der Waals surface area contributed by atoms with Crippen LogP contribution in [0.15, 0.2) is 29.2 Å². The highest BCUT2D eigenvalue weighted by Gasteiger charge is 2.24. The van der Waals surface area contributed by atoms with E-state index in [-0.39, 0.29) is 12.5 Å². The van der Waals surface area contributed by atoms with Gasteiger partial charge >= 0.3 is 5.97 Å². The fourth-order valence-corrected chi connectivity index (χ4v) is 4.62. The first kappa shape index (κ1) is 24.4. The van der Waals surface area contributed by atoms with Crippen molar-refractivity contribution in [1.82, 2.24) is 4.72 Å². The summed E-state index contributed by atoms with van der Waals surface area (Å²) < 4.78 is 33.5. The molecular formula is C22H35NO4S. The van der Waals surface area contributed by atoms with Crippen molar-refractivity contribution in [1.29, 1.82) is 0 Å². The van der Waals surface area contributed by atoms with Crippen LogP contribution in [-0.2, 0) is 19.6 Å². The Balaban J connectivity index is 2.87. The Hall–Kier alpha value is -1.66.